The number of aromatic nitrogens is 1. The number of hydrazone groups is 1. The highest BCUT2D eigenvalue weighted by molar-refractivity contribution is 6.60. The van der Waals surface area contributed by atoms with Gasteiger partial charge in [0.05, 0.1) is 11.8 Å². The summed E-state index contributed by atoms with van der Waals surface area (Å²) in [6, 6.07) is 5.19. The van der Waals surface area contributed by atoms with Crippen LogP contribution in [0.15, 0.2) is 41.8 Å². The molecule has 1 saturated carbocycles. The second kappa shape index (κ2) is 8.34. The largest absolute Gasteiger partial charge is 0.348 e. The molecule has 2 amide bonds. The van der Waals surface area contributed by atoms with Crippen LogP contribution in [0.5, 0.6) is 0 Å². The molecule has 0 aliphatic heterocycles. The number of amides is 2. The predicted molar refractivity (Wildman–Crippen MR) is 99.7 cm³/mol. The van der Waals surface area contributed by atoms with Gasteiger partial charge in [-0.3, -0.25) is 15.0 Å². The summed E-state index contributed by atoms with van der Waals surface area (Å²) in [7, 11) is 0. The van der Waals surface area contributed by atoms with Crippen LogP contribution in [0.3, 0.4) is 0 Å². The summed E-state index contributed by atoms with van der Waals surface area (Å²) < 4.78 is 0. The van der Waals surface area contributed by atoms with E-state index in [0.717, 1.165) is 19.1 Å². The fraction of sp³-hybridized carbons (Fsp3) is 0.353. The van der Waals surface area contributed by atoms with Crippen LogP contribution in [0.25, 0.3) is 0 Å². The van der Waals surface area contributed by atoms with Gasteiger partial charge in [-0.15, -0.1) is 0 Å². The number of hydrogen-bond acceptors (Lipinski definition) is 7. The number of carbonyl (C=O) groups excluding carboxylic acids is 2. The van der Waals surface area contributed by atoms with Crippen molar-refractivity contribution in [2.45, 2.75) is 25.3 Å². The Labute approximate surface area is 151 Å². The van der Waals surface area contributed by atoms with E-state index < -0.39 is 11.4 Å². The summed E-state index contributed by atoms with van der Waals surface area (Å²) in [5.74, 6) is -0.244. The van der Waals surface area contributed by atoms with Gasteiger partial charge in [-0.2, -0.15) is 5.10 Å². The number of carbonyl (C=O) groups is 2. The zero-order valence-electron chi connectivity index (χ0n) is 14.6. The molecule has 0 saturated heterocycles. The van der Waals surface area contributed by atoms with E-state index in [1.807, 2.05) is 0 Å². The average molecular weight is 357 g/mol. The minimum atomic E-state index is -0.942. The topological polar surface area (TPSA) is 145 Å². The third kappa shape index (κ3) is 4.96. The molecule has 0 aromatic carbocycles. The van der Waals surface area contributed by atoms with Crippen molar-refractivity contribution >= 4 is 29.6 Å². The minimum absolute atomic E-state index is 0.0755. The first kappa shape index (κ1) is 19.3. The first-order chi connectivity index (χ1) is 12.4. The highest BCUT2D eigenvalue weighted by Gasteiger charge is 2.45. The molecule has 0 unspecified atom stereocenters. The molecule has 0 bridgehead atoms. The lowest BCUT2D eigenvalue weighted by Gasteiger charge is -2.32. The van der Waals surface area contributed by atoms with Gasteiger partial charge in [0.25, 0.3) is 5.91 Å². The third-order valence-corrected chi connectivity index (χ3v) is 4.06. The Hall–Kier alpha value is -3.07. The molecule has 1 aliphatic rings. The van der Waals surface area contributed by atoms with Gasteiger partial charge in [0.2, 0.25) is 5.91 Å². The number of nitrogens with zero attached hydrogens (tertiary/aromatic N) is 2. The van der Waals surface area contributed by atoms with Crippen LogP contribution in [0.1, 0.15) is 19.8 Å². The lowest BCUT2D eigenvalue weighted by molar-refractivity contribution is -0.118. The molecule has 1 fully saturated rings. The van der Waals surface area contributed by atoms with E-state index >= 15 is 0 Å². The van der Waals surface area contributed by atoms with Crippen molar-refractivity contribution in [1.29, 1.82) is 5.41 Å². The number of anilines is 1. The Bertz CT molecular complexity index is 728. The molecule has 1 heterocycles. The van der Waals surface area contributed by atoms with Crippen molar-refractivity contribution in [1.82, 2.24) is 15.6 Å². The van der Waals surface area contributed by atoms with Crippen LogP contribution in [-0.2, 0) is 9.59 Å². The molecule has 9 nitrogen and oxygen atoms in total. The van der Waals surface area contributed by atoms with Gasteiger partial charge in [-0.1, -0.05) is 12.6 Å². The normalized spacial score (nSPS) is 16.2. The molecular formula is C17H23N7O2. The van der Waals surface area contributed by atoms with E-state index in [1.54, 1.807) is 24.4 Å². The molecular weight excluding hydrogens is 334 g/mol. The molecule has 1 aromatic rings. The SMILES string of the molecule is C=C(NC(C)=O)[C@](N)(CNC(=O)/C(C=N)=N/Nc1ccccn1)C1CC1. The number of nitrogens with two attached hydrogens (primary N) is 1. The monoisotopic (exact) mass is 357 g/mol. The fourth-order valence-electron chi connectivity index (χ4n) is 2.44. The van der Waals surface area contributed by atoms with Crippen molar-refractivity contribution in [3.63, 3.8) is 0 Å². The van der Waals surface area contributed by atoms with Gasteiger partial charge in [0.1, 0.15) is 5.82 Å². The maximum absolute atomic E-state index is 12.3. The maximum atomic E-state index is 12.3. The van der Waals surface area contributed by atoms with Crippen LogP contribution in [0.4, 0.5) is 5.82 Å². The number of nitrogens with one attached hydrogen (secondary N) is 4. The van der Waals surface area contributed by atoms with Crippen molar-refractivity contribution in [2.24, 2.45) is 16.8 Å². The number of pyridine rings is 1. The van der Waals surface area contributed by atoms with Gasteiger partial charge >= 0.3 is 0 Å². The summed E-state index contributed by atoms with van der Waals surface area (Å²) in [5, 5.41) is 16.5. The van der Waals surface area contributed by atoms with E-state index in [4.69, 9.17) is 11.1 Å². The Balaban J connectivity index is 2.00. The quantitative estimate of drug-likeness (QED) is 0.320. The van der Waals surface area contributed by atoms with Gasteiger partial charge in [0.15, 0.2) is 5.71 Å². The van der Waals surface area contributed by atoms with Crippen molar-refractivity contribution in [3.8, 4) is 0 Å². The van der Waals surface area contributed by atoms with Crippen LogP contribution >= 0.6 is 0 Å². The fourth-order valence-corrected chi connectivity index (χ4v) is 2.44. The summed E-state index contributed by atoms with van der Waals surface area (Å²) >= 11 is 0. The zero-order valence-corrected chi connectivity index (χ0v) is 14.6. The molecule has 0 radical (unpaired) electrons. The molecule has 26 heavy (non-hydrogen) atoms. The second-order valence-electron chi connectivity index (χ2n) is 6.13. The molecule has 1 aliphatic carbocycles. The molecule has 1 aromatic heterocycles. The summed E-state index contributed by atoms with van der Waals surface area (Å²) in [5.41, 5.74) is 8.32. The molecule has 2 rings (SSSR count). The number of rotatable bonds is 9. The molecule has 9 heteroatoms. The Morgan fingerprint density at radius 3 is 2.77 bits per heavy atom. The van der Waals surface area contributed by atoms with Crippen molar-refractivity contribution in [3.05, 3.63) is 36.7 Å². The van der Waals surface area contributed by atoms with Gasteiger partial charge < -0.3 is 21.8 Å². The summed E-state index contributed by atoms with van der Waals surface area (Å²) in [6.07, 6.45) is 4.22. The molecule has 6 N–H and O–H groups in total. The summed E-state index contributed by atoms with van der Waals surface area (Å²) in [6.45, 7) is 5.29. The van der Waals surface area contributed by atoms with Crippen molar-refractivity contribution in [2.75, 3.05) is 12.0 Å². The van der Waals surface area contributed by atoms with E-state index in [1.165, 1.54) is 6.92 Å². The summed E-state index contributed by atoms with van der Waals surface area (Å²) in [4.78, 5) is 27.6. The van der Waals surface area contributed by atoms with Crippen LogP contribution in [-0.4, -0.2) is 40.8 Å². The number of hydrogen-bond donors (Lipinski definition) is 5. The standard InChI is InChI=1S/C17H23N7O2/c1-11(22-12(2)25)17(19,13-6-7-13)10-21-16(26)14(9-18)23-24-15-5-3-4-8-20-15/h3-5,8-9,13,18H,1,6-7,10,19H2,2H3,(H,20,24)(H,21,26)(H,22,25)/b18-9?,23-14+/t17-/m1/s1. The predicted octanol–water partition coefficient (Wildman–Crippen LogP) is 0.373. The van der Waals surface area contributed by atoms with Crippen LogP contribution in [0.2, 0.25) is 0 Å². The van der Waals surface area contributed by atoms with Crippen molar-refractivity contribution < 1.29 is 9.59 Å². The van der Waals surface area contributed by atoms with Gasteiger partial charge in [0, 0.05) is 25.4 Å². The Morgan fingerprint density at radius 1 is 1.50 bits per heavy atom. The molecule has 138 valence electrons. The first-order valence-electron chi connectivity index (χ1n) is 8.16. The van der Waals surface area contributed by atoms with E-state index in [-0.39, 0.29) is 24.1 Å². The molecule has 0 spiro atoms. The third-order valence-electron chi connectivity index (χ3n) is 4.06. The Morgan fingerprint density at radius 2 is 2.23 bits per heavy atom. The lowest BCUT2D eigenvalue weighted by atomic mass is 9.90. The maximum Gasteiger partial charge on any atom is 0.273 e. The van der Waals surface area contributed by atoms with E-state index in [9.17, 15) is 9.59 Å². The highest BCUT2D eigenvalue weighted by Crippen LogP contribution is 2.40. The van der Waals surface area contributed by atoms with Crippen LogP contribution < -0.4 is 21.8 Å². The van der Waals surface area contributed by atoms with Gasteiger partial charge in [-0.25, -0.2) is 4.98 Å². The second-order valence-corrected chi connectivity index (χ2v) is 6.13. The average Bonchev–Trinajstić information content (AvgIpc) is 3.46. The lowest BCUT2D eigenvalue weighted by Crippen LogP contribution is -2.57. The van der Waals surface area contributed by atoms with E-state index in [2.05, 4.69) is 32.7 Å². The molecule has 1 atom stereocenters. The minimum Gasteiger partial charge on any atom is -0.348 e. The highest BCUT2D eigenvalue weighted by atomic mass is 16.2. The smallest absolute Gasteiger partial charge is 0.273 e. The van der Waals surface area contributed by atoms with E-state index in [0.29, 0.717) is 11.5 Å². The van der Waals surface area contributed by atoms with Gasteiger partial charge in [-0.05, 0) is 30.9 Å². The zero-order chi connectivity index (χ0) is 19.2. The van der Waals surface area contributed by atoms with Crippen LogP contribution in [0, 0.1) is 11.3 Å². The first-order valence-corrected chi connectivity index (χ1v) is 8.16. The Kier molecular flexibility index (Phi) is 6.18.